The van der Waals surface area contributed by atoms with Gasteiger partial charge in [-0.25, -0.2) is 4.79 Å². The van der Waals surface area contributed by atoms with E-state index >= 15 is 0 Å². The van der Waals surface area contributed by atoms with Crippen LogP contribution in [-0.2, 0) is 9.47 Å². The highest BCUT2D eigenvalue weighted by molar-refractivity contribution is 7.99. The number of phenols is 2. The largest absolute Gasteiger partial charge is 0.505 e. The molecule has 0 saturated carbocycles. The monoisotopic (exact) mass is 676 g/mol. The highest BCUT2D eigenvalue weighted by Gasteiger charge is 2.27. The van der Waals surface area contributed by atoms with Crippen LogP contribution in [0.4, 0.5) is 0 Å². The van der Waals surface area contributed by atoms with Gasteiger partial charge in [-0.05, 0) is 73.7 Å². The number of aromatic hydroxyl groups is 2. The Morgan fingerprint density at radius 3 is 1.77 bits per heavy atom. The van der Waals surface area contributed by atoms with Crippen LogP contribution in [0.5, 0.6) is 11.5 Å². The van der Waals surface area contributed by atoms with E-state index in [1.807, 2.05) is 97.9 Å². The lowest BCUT2D eigenvalue weighted by Gasteiger charge is -2.14. The smallest absolute Gasteiger partial charge is 0.342 e. The minimum atomic E-state index is -0.828. The van der Waals surface area contributed by atoms with Gasteiger partial charge in [-0.3, -0.25) is 0 Å². The molecule has 48 heavy (non-hydrogen) atoms. The molecule has 240 valence electrons. The third kappa shape index (κ3) is 6.56. The van der Waals surface area contributed by atoms with Gasteiger partial charge in [-0.1, -0.05) is 59.9 Å². The fourth-order valence-corrected chi connectivity index (χ4v) is 6.66. The molecule has 0 saturated heterocycles. The zero-order chi connectivity index (χ0) is 33.0. The van der Waals surface area contributed by atoms with Crippen LogP contribution in [0.3, 0.4) is 0 Å². The molecule has 0 bridgehead atoms. The molecule has 0 amide bonds. The standard InChI is InChI=1S/C35H28N6O5S2/c1-2-45-17-18-46-35(44)26-21-31(40-36-27-15-13-24(19-29(27)38-40)47-22-9-5-3-6-10-22)34(43)32(33(26)42)41-37-28-16-14-25(20-30(28)39-41)48-23-11-7-4-8-12-23/h3-16,19-21,42-43H,2,17-18H2,1H3. The summed E-state index contributed by atoms with van der Waals surface area (Å²) in [5, 5.41) is 41.3. The van der Waals surface area contributed by atoms with Crippen molar-refractivity contribution in [3.05, 3.63) is 109 Å². The van der Waals surface area contributed by atoms with E-state index in [0.717, 1.165) is 24.4 Å². The molecule has 0 aliphatic carbocycles. The molecule has 2 N–H and O–H groups in total. The van der Waals surface area contributed by atoms with E-state index in [1.54, 1.807) is 29.6 Å². The van der Waals surface area contributed by atoms with E-state index in [0.29, 0.717) is 28.7 Å². The number of nitrogens with zero attached hydrogens (tertiary/aromatic N) is 6. The third-order valence-corrected chi connectivity index (χ3v) is 9.18. The number of hydrogen-bond acceptors (Lipinski definition) is 11. The van der Waals surface area contributed by atoms with Gasteiger partial charge in [-0.15, -0.1) is 30.0 Å². The minimum Gasteiger partial charge on any atom is -0.505 e. The minimum absolute atomic E-state index is 0.0229. The molecule has 2 heterocycles. The number of carbonyl (C=O) groups excluding carboxylic acids is 1. The number of carbonyl (C=O) groups is 1. The van der Waals surface area contributed by atoms with Crippen LogP contribution < -0.4 is 0 Å². The van der Waals surface area contributed by atoms with Crippen molar-refractivity contribution in [1.82, 2.24) is 30.0 Å². The molecule has 0 unspecified atom stereocenters. The first-order valence-electron chi connectivity index (χ1n) is 15.0. The summed E-state index contributed by atoms with van der Waals surface area (Å²) in [4.78, 5) is 19.6. The second-order valence-electron chi connectivity index (χ2n) is 10.4. The SMILES string of the molecule is CCOCCOC(=O)c1cc(-n2nc3ccc(Sc4ccccc4)cc3n2)c(O)c(-n2nc3ccc(Sc4ccccc4)cc3n2)c1O. The molecule has 0 aliphatic heterocycles. The lowest BCUT2D eigenvalue weighted by Crippen LogP contribution is -2.14. The van der Waals surface area contributed by atoms with E-state index in [9.17, 15) is 15.0 Å². The Morgan fingerprint density at radius 2 is 1.19 bits per heavy atom. The first-order chi connectivity index (χ1) is 23.5. The quantitative estimate of drug-likeness (QED) is 0.108. The second kappa shape index (κ2) is 13.8. The Bertz CT molecular complexity index is 2240. The maximum Gasteiger partial charge on any atom is 0.342 e. The summed E-state index contributed by atoms with van der Waals surface area (Å²) < 4.78 is 10.7. The molecule has 7 rings (SSSR count). The number of rotatable bonds is 11. The van der Waals surface area contributed by atoms with Gasteiger partial charge in [0.05, 0.1) is 6.61 Å². The molecule has 5 aromatic carbocycles. The van der Waals surface area contributed by atoms with Crippen molar-refractivity contribution in [2.75, 3.05) is 19.8 Å². The van der Waals surface area contributed by atoms with E-state index in [1.165, 1.54) is 10.9 Å². The van der Waals surface area contributed by atoms with Gasteiger partial charge in [-0.2, -0.15) is 0 Å². The summed E-state index contributed by atoms with van der Waals surface area (Å²) in [6.07, 6.45) is 0. The van der Waals surface area contributed by atoms with Crippen molar-refractivity contribution in [2.24, 2.45) is 0 Å². The second-order valence-corrected chi connectivity index (χ2v) is 12.7. The topological polar surface area (TPSA) is 137 Å². The predicted molar refractivity (Wildman–Crippen MR) is 183 cm³/mol. The number of fused-ring (bicyclic) bond motifs is 2. The maximum absolute atomic E-state index is 13.3. The molecular weight excluding hydrogens is 649 g/mol. The highest BCUT2D eigenvalue weighted by Crippen LogP contribution is 2.40. The summed E-state index contributed by atoms with van der Waals surface area (Å²) in [7, 11) is 0. The molecule has 0 atom stereocenters. The highest BCUT2D eigenvalue weighted by atomic mass is 32.2. The molecule has 0 aliphatic rings. The fraction of sp³-hybridized carbons (Fsp3) is 0.114. The van der Waals surface area contributed by atoms with Gasteiger partial charge >= 0.3 is 5.97 Å². The molecule has 2 aromatic heterocycles. The number of ether oxygens (including phenoxy) is 2. The van der Waals surface area contributed by atoms with Crippen molar-refractivity contribution in [3.63, 3.8) is 0 Å². The zero-order valence-electron chi connectivity index (χ0n) is 25.6. The molecular formula is C35H28N6O5S2. The van der Waals surface area contributed by atoms with Gasteiger partial charge < -0.3 is 19.7 Å². The number of benzene rings is 5. The summed E-state index contributed by atoms with van der Waals surface area (Å²) in [6.45, 7) is 2.45. The van der Waals surface area contributed by atoms with Gasteiger partial charge in [0, 0.05) is 26.2 Å². The molecule has 0 spiro atoms. The Labute approximate surface area is 283 Å². The van der Waals surface area contributed by atoms with Gasteiger partial charge in [0.15, 0.2) is 17.2 Å². The van der Waals surface area contributed by atoms with Crippen molar-refractivity contribution in [1.29, 1.82) is 0 Å². The normalized spacial score (nSPS) is 11.4. The predicted octanol–water partition coefficient (Wildman–Crippen LogP) is 7.06. The van der Waals surface area contributed by atoms with Crippen LogP contribution in [0, 0.1) is 0 Å². The lowest BCUT2D eigenvalue weighted by atomic mass is 10.1. The first-order valence-corrected chi connectivity index (χ1v) is 16.6. The van der Waals surface area contributed by atoms with Crippen LogP contribution in [-0.4, -0.2) is 66.0 Å². The fourth-order valence-electron chi connectivity index (χ4n) is 4.92. The van der Waals surface area contributed by atoms with E-state index in [4.69, 9.17) is 9.47 Å². The number of hydrogen-bond donors (Lipinski definition) is 2. The Hall–Kier alpha value is -5.37. The average Bonchev–Trinajstić information content (AvgIpc) is 3.71. The molecule has 13 heteroatoms. The van der Waals surface area contributed by atoms with Crippen molar-refractivity contribution in [3.8, 4) is 22.9 Å². The Morgan fingerprint density at radius 1 is 0.646 bits per heavy atom. The number of aromatic nitrogens is 6. The Balaban J connectivity index is 1.29. The van der Waals surface area contributed by atoms with Crippen molar-refractivity contribution < 1.29 is 24.5 Å². The molecule has 0 radical (unpaired) electrons. The van der Waals surface area contributed by atoms with Crippen LogP contribution in [0.2, 0.25) is 0 Å². The van der Waals surface area contributed by atoms with Crippen LogP contribution in [0.15, 0.2) is 123 Å². The summed E-state index contributed by atoms with van der Waals surface area (Å²) >= 11 is 3.15. The van der Waals surface area contributed by atoms with Gasteiger partial charge in [0.1, 0.15) is 39.9 Å². The lowest BCUT2D eigenvalue weighted by molar-refractivity contribution is 0.0332. The van der Waals surface area contributed by atoms with Gasteiger partial charge in [0.25, 0.3) is 0 Å². The number of esters is 1. The number of phenolic OH excluding ortho intramolecular Hbond substituents is 2. The van der Waals surface area contributed by atoms with E-state index < -0.39 is 17.5 Å². The van der Waals surface area contributed by atoms with E-state index in [2.05, 4.69) is 20.4 Å². The maximum atomic E-state index is 13.3. The Kier molecular flexibility index (Phi) is 8.97. The summed E-state index contributed by atoms with van der Waals surface area (Å²) in [5.74, 6) is -1.82. The van der Waals surface area contributed by atoms with Crippen LogP contribution >= 0.6 is 23.5 Å². The first kappa shape index (κ1) is 31.2. The molecule has 0 fully saturated rings. The zero-order valence-corrected chi connectivity index (χ0v) is 27.2. The summed E-state index contributed by atoms with van der Waals surface area (Å²) in [6, 6.07) is 32.4. The molecule has 7 aromatic rings. The molecule has 11 nitrogen and oxygen atoms in total. The van der Waals surface area contributed by atoms with Crippen LogP contribution in [0.1, 0.15) is 17.3 Å². The third-order valence-electron chi connectivity index (χ3n) is 7.19. The average molecular weight is 677 g/mol. The van der Waals surface area contributed by atoms with E-state index in [-0.39, 0.29) is 30.2 Å². The van der Waals surface area contributed by atoms with Gasteiger partial charge in [0.2, 0.25) is 0 Å². The van der Waals surface area contributed by atoms with Crippen molar-refractivity contribution in [2.45, 2.75) is 26.5 Å². The summed E-state index contributed by atoms with van der Waals surface area (Å²) in [5.41, 5.74) is 1.74. The van der Waals surface area contributed by atoms with Crippen LogP contribution in [0.25, 0.3) is 33.4 Å². The van der Waals surface area contributed by atoms with Crippen molar-refractivity contribution >= 4 is 51.6 Å².